The minimum Gasteiger partial charge on any atom is -0.207 e. The number of alkyl halides is 1. The zero-order valence-electron chi connectivity index (χ0n) is 10.5. The molecule has 2 aromatic carbocycles. The van der Waals surface area contributed by atoms with E-state index in [2.05, 4.69) is 66.8 Å². The van der Waals surface area contributed by atoms with Gasteiger partial charge in [-0.15, -0.1) is 0 Å². The first-order chi connectivity index (χ1) is 8.90. The number of halogens is 4. The lowest BCUT2D eigenvalue weighted by Gasteiger charge is -2.17. The molecule has 0 nitrogen and oxygen atoms in total. The van der Waals surface area contributed by atoms with Gasteiger partial charge in [0.25, 0.3) is 0 Å². The third-order valence-electron chi connectivity index (χ3n) is 3.05. The first kappa shape index (κ1) is 15.2. The summed E-state index contributed by atoms with van der Waals surface area (Å²) in [6.45, 7) is 4.11. The second kappa shape index (κ2) is 6.06. The lowest BCUT2D eigenvalue weighted by molar-refractivity contribution is 0.625. The van der Waals surface area contributed by atoms with Gasteiger partial charge < -0.3 is 0 Å². The summed E-state index contributed by atoms with van der Waals surface area (Å²) in [5.74, 6) is -0.228. The van der Waals surface area contributed by atoms with Crippen molar-refractivity contribution in [1.29, 1.82) is 0 Å². The molecule has 19 heavy (non-hydrogen) atoms. The van der Waals surface area contributed by atoms with Crippen molar-refractivity contribution in [2.75, 3.05) is 0 Å². The highest BCUT2D eigenvalue weighted by Gasteiger charge is 2.17. The summed E-state index contributed by atoms with van der Waals surface area (Å²) in [7, 11) is 0. The maximum atomic E-state index is 13.4. The highest BCUT2D eigenvalue weighted by Crippen LogP contribution is 2.38. The first-order valence-electron chi connectivity index (χ1n) is 5.76. The topological polar surface area (TPSA) is 0 Å². The summed E-state index contributed by atoms with van der Waals surface area (Å²) >= 11 is 10.7. The molecule has 0 aliphatic rings. The van der Waals surface area contributed by atoms with Crippen LogP contribution in [-0.2, 0) is 0 Å². The second-order valence-corrected chi connectivity index (χ2v) is 7.11. The van der Waals surface area contributed by atoms with Crippen LogP contribution in [0, 0.1) is 19.7 Å². The quantitative estimate of drug-likeness (QED) is 0.461. The molecule has 0 heterocycles. The molecule has 0 aliphatic heterocycles. The molecule has 2 aromatic rings. The van der Waals surface area contributed by atoms with Gasteiger partial charge in [0.05, 0.1) is 4.83 Å². The van der Waals surface area contributed by atoms with Crippen molar-refractivity contribution >= 4 is 47.8 Å². The predicted molar refractivity (Wildman–Crippen MR) is 88.5 cm³/mol. The Bertz CT molecular complexity index is 623. The number of hydrogen-bond donors (Lipinski definition) is 0. The Hall–Kier alpha value is -0.190. The smallest absolute Gasteiger partial charge is 0.123 e. The van der Waals surface area contributed by atoms with Crippen molar-refractivity contribution in [3.05, 3.63) is 67.3 Å². The van der Waals surface area contributed by atoms with Crippen molar-refractivity contribution in [2.45, 2.75) is 18.7 Å². The Labute approximate surface area is 137 Å². The van der Waals surface area contributed by atoms with Crippen LogP contribution in [0.3, 0.4) is 0 Å². The molecule has 0 amide bonds. The van der Waals surface area contributed by atoms with Crippen LogP contribution in [0.2, 0.25) is 0 Å². The molecule has 100 valence electrons. The van der Waals surface area contributed by atoms with E-state index in [1.807, 2.05) is 6.92 Å². The third kappa shape index (κ3) is 3.29. The number of benzene rings is 2. The molecule has 0 spiro atoms. The van der Waals surface area contributed by atoms with Crippen LogP contribution in [0.5, 0.6) is 0 Å². The molecule has 2 rings (SSSR count). The summed E-state index contributed by atoms with van der Waals surface area (Å²) in [4.78, 5) is -0.0376. The van der Waals surface area contributed by atoms with Crippen molar-refractivity contribution in [3.8, 4) is 0 Å². The number of hydrogen-bond acceptors (Lipinski definition) is 0. The van der Waals surface area contributed by atoms with Crippen molar-refractivity contribution in [1.82, 2.24) is 0 Å². The van der Waals surface area contributed by atoms with E-state index in [1.54, 1.807) is 12.1 Å². The molecule has 1 unspecified atom stereocenters. The highest BCUT2D eigenvalue weighted by atomic mass is 79.9. The Morgan fingerprint density at radius 2 is 1.58 bits per heavy atom. The van der Waals surface area contributed by atoms with E-state index in [0.717, 1.165) is 31.2 Å². The van der Waals surface area contributed by atoms with Crippen molar-refractivity contribution in [2.24, 2.45) is 0 Å². The van der Waals surface area contributed by atoms with Gasteiger partial charge in [0.1, 0.15) is 5.82 Å². The molecular weight excluding hydrogens is 439 g/mol. The molecule has 0 N–H and O–H groups in total. The van der Waals surface area contributed by atoms with Gasteiger partial charge in [-0.3, -0.25) is 0 Å². The van der Waals surface area contributed by atoms with E-state index in [-0.39, 0.29) is 10.6 Å². The SMILES string of the molecule is Cc1cc(C(Br)c2cc(F)ccc2Br)c(C)cc1Br. The second-order valence-electron chi connectivity index (χ2n) is 4.49. The molecule has 0 saturated heterocycles. The summed E-state index contributed by atoms with van der Waals surface area (Å²) in [6, 6.07) is 8.95. The van der Waals surface area contributed by atoms with E-state index in [9.17, 15) is 4.39 Å². The standard InChI is InChI=1S/C15H12Br3F/c1-8-6-14(17)9(2)5-11(8)15(18)12-7-10(19)3-4-13(12)16/h3-7,15H,1-2H3. The lowest BCUT2D eigenvalue weighted by Crippen LogP contribution is -1.99. The Kier molecular flexibility index (Phi) is 4.85. The molecular formula is C15H12Br3F. The molecule has 0 bridgehead atoms. The summed E-state index contributed by atoms with van der Waals surface area (Å²) in [5, 5.41) is 0. The van der Waals surface area contributed by atoms with Crippen molar-refractivity contribution < 1.29 is 4.39 Å². The largest absolute Gasteiger partial charge is 0.207 e. The van der Waals surface area contributed by atoms with Crippen molar-refractivity contribution in [3.63, 3.8) is 0 Å². The average molecular weight is 451 g/mol. The minimum atomic E-state index is -0.228. The maximum Gasteiger partial charge on any atom is 0.123 e. The van der Waals surface area contributed by atoms with E-state index in [0.29, 0.717) is 0 Å². The van der Waals surface area contributed by atoms with Gasteiger partial charge in [-0.05, 0) is 60.4 Å². The van der Waals surface area contributed by atoms with Gasteiger partial charge >= 0.3 is 0 Å². The lowest BCUT2D eigenvalue weighted by atomic mass is 9.98. The molecule has 0 radical (unpaired) electrons. The zero-order valence-corrected chi connectivity index (χ0v) is 15.2. The minimum absolute atomic E-state index is 0.0376. The molecule has 0 saturated carbocycles. The first-order valence-corrected chi connectivity index (χ1v) is 8.26. The number of rotatable bonds is 2. The van der Waals surface area contributed by atoms with Crippen LogP contribution in [0.4, 0.5) is 4.39 Å². The number of aryl methyl sites for hydroxylation is 2. The van der Waals surface area contributed by atoms with Crippen LogP contribution in [0.1, 0.15) is 27.1 Å². The fourth-order valence-electron chi connectivity index (χ4n) is 1.95. The highest BCUT2D eigenvalue weighted by molar-refractivity contribution is 9.11. The van der Waals surface area contributed by atoms with E-state index >= 15 is 0 Å². The van der Waals surface area contributed by atoms with Crippen LogP contribution < -0.4 is 0 Å². The maximum absolute atomic E-state index is 13.4. The average Bonchev–Trinajstić information content (AvgIpc) is 2.36. The van der Waals surface area contributed by atoms with Gasteiger partial charge in [0, 0.05) is 8.95 Å². The van der Waals surface area contributed by atoms with Crippen LogP contribution in [-0.4, -0.2) is 0 Å². The summed E-state index contributed by atoms with van der Waals surface area (Å²) in [5.41, 5.74) is 4.37. The van der Waals surface area contributed by atoms with Crippen LogP contribution in [0.15, 0.2) is 39.3 Å². The van der Waals surface area contributed by atoms with Gasteiger partial charge in [-0.2, -0.15) is 0 Å². The molecule has 1 atom stereocenters. The monoisotopic (exact) mass is 448 g/mol. The Morgan fingerprint density at radius 3 is 2.26 bits per heavy atom. The van der Waals surface area contributed by atoms with E-state index in [4.69, 9.17) is 0 Å². The molecule has 4 heteroatoms. The fourth-order valence-corrected chi connectivity index (χ4v) is 4.07. The van der Waals surface area contributed by atoms with Crippen LogP contribution in [0.25, 0.3) is 0 Å². The summed E-state index contributed by atoms with van der Waals surface area (Å²) in [6.07, 6.45) is 0. The normalized spacial score (nSPS) is 12.5. The third-order valence-corrected chi connectivity index (χ3v) is 5.61. The van der Waals surface area contributed by atoms with Crippen LogP contribution >= 0.6 is 47.8 Å². The molecule has 0 aliphatic carbocycles. The fraction of sp³-hybridized carbons (Fsp3) is 0.200. The predicted octanol–water partition coefficient (Wildman–Crippen LogP) is 6.45. The molecule has 0 fully saturated rings. The summed E-state index contributed by atoms with van der Waals surface area (Å²) < 4.78 is 15.4. The van der Waals surface area contributed by atoms with Gasteiger partial charge in [0.2, 0.25) is 0 Å². The Balaban J connectivity index is 2.52. The Morgan fingerprint density at radius 1 is 0.895 bits per heavy atom. The zero-order chi connectivity index (χ0) is 14.2. The van der Waals surface area contributed by atoms with Gasteiger partial charge in [-0.25, -0.2) is 4.39 Å². The van der Waals surface area contributed by atoms with Gasteiger partial charge in [0.15, 0.2) is 0 Å². The molecule has 0 aromatic heterocycles. The van der Waals surface area contributed by atoms with E-state index in [1.165, 1.54) is 6.07 Å². The van der Waals surface area contributed by atoms with E-state index < -0.39 is 0 Å². The van der Waals surface area contributed by atoms with Gasteiger partial charge in [-0.1, -0.05) is 53.9 Å².